The van der Waals surface area contributed by atoms with Crippen LogP contribution in [-0.4, -0.2) is 50.5 Å². The first-order valence-electron chi connectivity index (χ1n) is 10.3. The van der Waals surface area contributed by atoms with Crippen molar-refractivity contribution in [2.24, 2.45) is 0 Å². The summed E-state index contributed by atoms with van der Waals surface area (Å²) in [5.41, 5.74) is 1.48. The van der Waals surface area contributed by atoms with Gasteiger partial charge in [-0.2, -0.15) is 0 Å². The van der Waals surface area contributed by atoms with Crippen molar-refractivity contribution in [2.75, 3.05) is 40.5 Å². The highest BCUT2D eigenvalue weighted by molar-refractivity contribution is 5.85. The summed E-state index contributed by atoms with van der Waals surface area (Å²) in [6.07, 6.45) is 2.96. The summed E-state index contributed by atoms with van der Waals surface area (Å²) in [5, 5.41) is 5.15. The number of ether oxygens (including phenoxy) is 3. The molecule has 2 heterocycles. The topological polar surface area (TPSA) is 57.0 Å². The van der Waals surface area contributed by atoms with Gasteiger partial charge in [0.05, 0.1) is 26.5 Å². The van der Waals surface area contributed by atoms with Crippen molar-refractivity contribution < 1.29 is 23.1 Å². The zero-order valence-electron chi connectivity index (χ0n) is 17.8. The van der Waals surface area contributed by atoms with Crippen molar-refractivity contribution in [3.8, 4) is 17.2 Å². The standard InChI is InChI=1S/C23H27FN2O4.ClH/c1-27-18-5-7-20(28-2)22(15-18)29-13-3-10-26-11-8-16(9-12-26)23-19-6-4-17(24)14-21(19)30-25-23;/h4-7,14-16H,3,8-13H2,1-2H3;1H. The van der Waals surface area contributed by atoms with Crippen molar-refractivity contribution in [3.63, 3.8) is 0 Å². The number of fused-ring (bicyclic) bond motifs is 1. The van der Waals surface area contributed by atoms with Crippen LogP contribution in [-0.2, 0) is 0 Å². The van der Waals surface area contributed by atoms with E-state index in [9.17, 15) is 4.39 Å². The second kappa shape index (κ2) is 10.7. The van der Waals surface area contributed by atoms with E-state index in [4.69, 9.17) is 18.7 Å². The third-order valence-corrected chi connectivity index (χ3v) is 5.68. The Kier molecular flexibility index (Phi) is 7.98. The lowest BCUT2D eigenvalue weighted by Gasteiger charge is -2.31. The van der Waals surface area contributed by atoms with E-state index >= 15 is 0 Å². The summed E-state index contributed by atoms with van der Waals surface area (Å²) in [6, 6.07) is 10.2. The molecule has 1 aromatic heterocycles. The molecule has 4 rings (SSSR count). The molecule has 0 amide bonds. The molecule has 0 bridgehead atoms. The highest BCUT2D eigenvalue weighted by Crippen LogP contribution is 2.33. The molecule has 0 unspecified atom stereocenters. The molecule has 31 heavy (non-hydrogen) atoms. The van der Waals surface area contributed by atoms with Crippen LogP contribution in [0.5, 0.6) is 17.2 Å². The van der Waals surface area contributed by atoms with Gasteiger partial charge in [-0.25, -0.2) is 4.39 Å². The largest absolute Gasteiger partial charge is 0.497 e. The van der Waals surface area contributed by atoms with Gasteiger partial charge in [-0.3, -0.25) is 0 Å². The van der Waals surface area contributed by atoms with Crippen molar-refractivity contribution >= 4 is 23.4 Å². The first-order valence-corrected chi connectivity index (χ1v) is 10.3. The van der Waals surface area contributed by atoms with Crippen molar-refractivity contribution in [1.29, 1.82) is 0 Å². The smallest absolute Gasteiger partial charge is 0.170 e. The van der Waals surface area contributed by atoms with E-state index in [1.54, 1.807) is 20.3 Å². The Morgan fingerprint density at radius 3 is 2.61 bits per heavy atom. The fourth-order valence-corrected chi connectivity index (χ4v) is 4.02. The quantitative estimate of drug-likeness (QED) is 0.447. The number of hydrogen-bond donors (Lipinski definition) is 0. The Morgan fingerprint density at radius 2 is 1.87 bits per heavy atom. The number of benzene rings is 2. The van der Waals surface area contributed by atoms with Crippen molar-refractivity contribution in [2.45, 2.75) is 25.2 Å². The summed E-state index contributed by atoms with van der Waals surface area (Å²) in [5.74, 6) is 2.20. The molecule has 0 N–H and O–H groups in total. The number of likely N-dealkylation sites (tertiary alicyclic amines) is 1. The van der Waals surface area contributed by atoms with Crippen LogP contribution >= 0.6 is 12.4 Å². The summed E-state index contributed by atoms with van der Waals surface area (Å²) in [4.78, 5) is 2.45. The number of methoxy groups -OCH3 is 2. The zero-order valence-corrected chi connectivity index (χ0v) is 18.6. The molecule has 6 nitrogen and oxygen atoms in total. The number of nitrogens with zero attached hydrogens (tertiary/aromatic N) is 2. The predicted octanol–water partition coefficient (Wildman–Crippen LogP) is 5.05. The van der Waals surface area contributed by atoms with E-state index in [0.29, 0.717) is 29.6 Å². The molecule has 3 aromatic rings. The van der Waals surface area contributed by atoms with Crippen LogP contribution in [0.25, 0.3) is 11.0 Å². The lowest BCUT2D eigenvalue weighted by atomic mass is 9.91. The normalized spacial score (nSPS) is 14.9. The second-order valence-electron chi connectivity index (χ2n) is 7.54. The van der Waals surface area contributed by atoms with Gasteiger partial charge in [0.2, 0.25) is 0 Å². The first kappa shape index (κ1) is 23.2. The minimum absolute atomic E-state index is 0. The fourth-order valence-electron chi connectivity index (χ4n) is 4.02. The Balaban J connectivity index is 0.00000272. The van der Waals surface area contributed by atoms with Gasteiger partial charge in [-0.15, -0.1) is 12.4 Å². The molecule has 168 valence electrons. The summed E-state index contributed by atoms with van der Waals surface area (Å²) in [6.45, 7) is 3.60. The van der Waals surface area contributed by atoms with Gasteiger partial charge in [-0.1, -0.05) is 5.16 Å². The molecule has 1 aliphatic rings. The summed E-state index contributed by atoms with van der Waals surface area (Å²) < 4.78 is 35.2. The SMILES string of the molecule is COc1ccc(OC)c(OCCCN2CCC(c3noc4cc(F)ccc34)CC2)c1.Cl. The highest BCUT2D eigenvalue weighted by Gasteiger charge is 2.25. The number of rotatable bonds is 8. The number of aromatic nitrogens is 1. The highest BCUT2D eigenvalue weighted by atomic mass is 35.5. The number of halogens is 2. The molecule has 0 aliphatic carbocycles. The van der Waals surface area contributed by atoms with Crippen LogP contribution in [0.1, 0.15) is 30.9 Å². The summed E-state index contributed by atoms with van der Waals surface area (Å²) in [7, 11) is 3.27. The lowest BCUT2D eigenvalue weighted by molar-refractivity contribution is 0.189. The van der Waals surface area contributed by atoms with Gasteiger partial charge >= 0.3 is 0 Å². The third kappa shape index (κ3) is 5.40. The lowest BCUT2D eigenvalue weighted by Crippen LogP contribution is -2.34. The molecule has 8 heteroatoms. The Hall–Kier alpha value is -2.51. The first-order chi connectivity index (χ1) is 14.7. The Bertz CT molecular complexity index is 989. The minimum Gasteiger partial charge on any atom is -0.497 e. The average molecular weight is 451 g/mol. The maximum atomic E-state index is 13.4. The molecule has 0 spiro atoms. The van der Waals surface area contributed by atoms with Crippen LogP contribution in [0, 0.1) is 5.82 Å². The van der Waals surface area contributed by atoms with Gasteiger partial charge in [-0.05, 0) is 56.6 Å². The van der Waals surface area contributed by atoms with Crippen molar-refractivity contribution in [3.05, 3.63) is 47.9 Å². The van der Waals surface area contributed by atoms with E-state index in [1.165, 1.54) is 12.1 Å². The molecular formula is C23H28ClFN2O4. The van der Waals surface area contributed by atoms with E-state index in [-0.39, 0.29) is 18.2 Å². The molecular weight excluding hydrogens is 423 g/mol. The maximum absolute atomic E-state index is 13.4. The second-order valence-corrected chi connectivity index (χ2v) is 7.54. The zero-order chi connectivity index (χ0) is 20.9. The van der Waals surface area contributed by atoms with Crippen LogP contribution in [0.2, 0.25) is 0 Å². The van der Waals surface area contributed by atoms with Crippen LogP contribution < -0.4 is 14.2 Å². The molecule has 1 fully saturated rings. The minimum atomic E-state index is -0.297. The molecule has 0 radical (unpaired) electrons. The van der Waals surface area contributed by atoms with Crippen LogP contribution in [0.3, 0.4) is 0 Å². The van der Waals surface area contributed by atoms with Gasteiger partial charge in [0.25, 0.3) is 0 Å². The third-order valence-electron chi connectivity index (χ3n) is 5.68. The number of piperidine rings is 1. The van der Waals surface area contributed by atoms with Crippen LogP contribution in [0.15, 0.2) is 40.9 Å². The Morgan fingerprint density at radius 1 is 1.06 bits per heavy atom. The van der Waals surface area contributed by atoms with E-state index in [1.807, 2.05) is 18.2 Å². The maximum Gasteiger partial charge on any atom is 0.170 e. The average Bonchev–Trinajstić information content (AvgIpc) is 3.20. The molecule has 2 aromatic carbocycles. The van der Waals surface area contributed by atoms with E-state index in [2.05, 4.69) is 10.1 Å². The van der Waals surface area contributed by atoms with Gasteiger partial charge in [0.1, 0.15) is 11.6 Å². The Labute approximate surface area is 187 Å². The van der Waals surface area contributed by atoms with Gasteiger partial charge in [0, 0.05) is 30.0 Å². The molecule has 0 atom stereocenters. The molecule has 0 saturated carbocycles. The fraction of sp³-hybridized carbons (Fsp3) is 0.435. The van der Waals surface area contributed by atoms with Crippen LogP contribution in [0.4, 0.5) is 4.39 Å². The molecule has 1 aliphatic heterocycles. The van der Waals surface area contributed by atoms with Gasteiger partial charge in [0.15, 0.2) is 17.1 Å². The number of hydrogen-bond acceptors (Lipinski definition) is 6. The monoisotopic (exact) mass is 450 g/mol. The van der Waals surface area contributed by atoms with E-state index < -0.39 is 0 Å². The summed E-state index contributed by atoms with van der Waals surface area (Å²) >= 11 is 0. The van der Waals surface area contributed by atoms with Crippen molar-refractivity contribution in [1.82, 2.24) is 10.1 Å². The van der Waals surface area contributed by atoms with E-state index in [0.717, 1.165) is 55.7 Å². The van der Waals surface area contributed by atoms with Gasteiger partial charge < -0.3 is 23.6 Å². The predicted molar refractivity (Wildman–Crippen MR) is 119 cm³/mol. The molecule has 1 saturated heterocycles.